The lowest BCUT2D eigenvalue weighted by molar-refractivity contribution is -0.386. The van der Waals surface area contributed by atoms with Crippen LogP contribution >= 0.6 is 23.2 Å². The predicted molar refractivity (Wildman–Crippen MR) is 117 cm³/mol. The first-order valence-electron chi connectivity index (χ1n) is 9.31. The summed E-state index contributed by atoms with van der Waals surface area (Å²) in [4.78, 5) is 26.6. The Bertz CT molecular complexity index is 1040. The van der Waals surface area contributed by atoms with Gasteiger partial charge in [0.05, 0.1) is 34.8 Å². The smallest absolute Gasteiger partial charge is 0.416 e. The molecule has 0 aliphatic heterocycles. The molecule has 8 nitrogen and oxygen atoms in total. The maximum Gasteiger partial charge on any atom is 0.416 e. The molecule has 0 aliphatic carbocycles. The van der Waals surface area contributed by atoms with E-state index in [4.69, 9.17) is 37.4 Å². The number of nitrogens with zero attached hydrogens (tertiary/aromatic N) is 2. The van der Waals surface area contributed by atoms with Gasteiger partial charge in [-0.2, -0.15) is 18.2 Å². The molecule has 0 spiro atoms. The molecule has 2 aromatic rings. The fourth-order valence-corrected chi connectivity index (χ4v) is 3.38. The number of carbonyl (C=O) groups is 1. The molecule has 0 saturated carbocycles. The summed E-state index contributed by atoms with van der Waals surface area (Å²) in [5.41, 5.74) is -1.66. The topological polar surface area (TPSA) is 101 Å². The molecule has 33 heavy (non-hydrogen) atoms. The zero-order valence-corrected chi connectivity index (χ0v) is 20.3. The number of aromatic nitrogens is 1. The number of hydrogen-bond acceptors (Lipinski definition) is 7. The molecule has 2 rings (SSSR count). The Morgan fingerprint density at radius 3 is 2.27 bits per heavy atom. The minimum Gasteiger partial charge on any atom is -0.467 e. The molecule has 0 N–H and O–H groups in total. The Kier molecular flexibility index (Phi) is 8.20. The van der Waals surface area contributed by atoms with Crippen molar-refractivity contribution >= 4 is 42.9 Å². The zero-order chi connectivity index (χ0) is 25.1. The molecule has 0 fully saturated rings. The van der Waals surface area contributed by atoms with Crippen LogP contribution in [0.15, 0.2) is 24.3 Å². The van der Waals surface area contributed by atoms with Gasteiger partial charge in [0.2, 0.25) is 5.88 Å². The minimum atomic E-state index is -4.68. The van der Waals surface area contributed by atoms with Gasteiger partial charge in [-0.15, -0.1) is 0 Å². The molecule has 180 valence electrons. The number of ether oxygens (including phenoxy) is 3. The van der Waals surface area contributed by atoms with Crippen LogP contribution in [0.5, 0.6) is 17.5 Å². The summed E-state index contributed by atoms with van der Waals surface area (Å²) in [7, 11) is -1.70. The van der Waals surface area contributed by atoms with Gasteiger partial charge >= 0.3 is 17.8 Å². The number of benzene rings is 1. The molecule has 0 amide bonds. The second-order valence-electron chi connectivity index (χ2n) is 8.03. The minimum absolute atomic E-state index is 0.225. The Balaban J connectivity index is 2.31. The van der Waals surface area contributed by atoms with Crippen molar-refractivity contribution in [2.75, 3.05) is 6.23 Å². The Hall–Kier alpha value is -2.57. The molecule has 1 aromatic carbocycles. The van der Waals surface area contributed by atoms with Gasteiger partial charge in [-0.1, -0.05) is 42.8 Å². The largest absolute Gasteiger partial charge is 0.467 e. The Morgan fingerprint density at radius 1 is 1.21 bits per heavy atom. The van der Waals surface area contributed by atoms with E-state index in [1.807, 2.05) is 19.6 Å². The molecule has 0 saturated heterocycles. The zero-order valence-electron chi connectivity index (χ0n) is 17.8. The van der Waals surface area contributed by atoms with E-state index >= 15 is 0 Å². The summed E-state index contributed by atoms with van der Waals surface area (Å²) in [5.74, 6) is -1.97. The molecule has 1 aromatic heterocycles. The van der Waals surface area contributed by atoms with E-state index in [2.05, 4.69) is 4.98 Å². The number of alkyl halides is 3. The second kappa shape index (κ2) is 10.1. The Morgan fingerprint density at radius 2 is 1.79 bits per heavy atom. The van der Waals surface area contributed by atoms with Crippen LogP contribution in [0.1, 0.15) is 12.5 Å². The van der Waals surface area contributed by atoms with Gasteiger partial charge in [-0.3, -0.25) is 10.1 Å². The monoisotopic (exact) mass is 526 g/mol. The second-order valence-corrected chi connectivity index (χ2v) is 14.3. The third-order valence-electron chi connectivity index (χ3n) is 3.81. The van der Waals surface area contributed by atoms with Crippen LogP contribution < -0.4 is 9.47 Å². The van der Waals surface area contributed by atoms with E-state index in [0.717, 1.165) is 12.1 Å². The van der Waals surface area contributed by atoms with Crippen molar-refractivity contribution in [3.8, 4) is 17.5 Å². The molecule has 14 heteroatoms. The van der Waals surface area contributed by atoms with Crippen molar-refractivity contribution in [1.82, 2.24) is 4.98 Å². The lowest BCUT2D eigenvalue weighted by Gasteiger charge is -2.18. The van der Waals surface area contributed by atoms with Crippen molar-refractivity contribution in [2.24, 2.45) is 0 Å². The third kappa shape index (κ3) is 7.47. The summed E-state index contributed by atoms with van der Waals surface area (Å²) < 4.78 is 54.6. The first-order chi connectivity index (χ1) is 15.1. The van der Waals surface area contributed by atoms with Gasteiger partial charge in [-0.25, -0.2) is 4.79 Å². The van der Waals surface area contributed by atoms with Crippen molar-refractivity contribution in [1.29, 1.82) is 0 Å². The summed E-state index contributed by atoms with van der Waals surface area (Å²) in [6.45, 7) is 7.28. The maximum absolute atomic E-state index is 12.9. The fraction of sp³-hybridized carbons (Fsp3) is 0.368. The lowest BCUT2D eigenvalue weighted by Crippen LogP contribution is -2.34. The highest BCUT2D eigenvalue weighted by Gasteiger charge is 2.32. The van der Waals surface area contributed by atoms with Crippen molar-refractivity contribution in [2.45, 2.75) is 38.8 Å². The Labute approximate surface area is 197 Å². The van der Waals surface area contributed by atoms with Gasteiger partial charge in [0.25, 0.3) is 5.88 Å². The van der Waals surface area contributed by atoms with Gasteiger partial charge in [0.1, 0.15) is 0 Å². The number of hydrogen-bond donors (Lipinski definition) is 0. The first-order valence-corrected chi connectivity index (χ1v) is 13.8. The molecular weight excluding hydrogens is 508 g/mol. The number of esters is 1. The van der Waals surface area contributed by atoms with Crippen LogP contribution in [0.2, 0.25) is 29.7 Å². The molecule has 0 radical (unpaired) electrons. The van der Waals surface area contributed by atoms with E-state index in [1.54, 1.807) is 0 Å². The fourth-order valence-electron chi connectivity index (χ4n) is 2.24. The molecule has 1 atom stereocenters. The molecule has 1 unspecified atom stereocenters. The molecule has 0 bridgehead atoms. The van der Waals surface area contributed by atoms with Gasteiger partial charge in [-0.05, 0) is 19.1 Å². The van der Waals surface area contributed by atoms with Gasteiger partial charge in [0, 0.05) is 12.1 Å². The van der Waals surface area contributed by atoms with Gasteiger partial charge in [0.15, 0.2) is 11.9 Å². The van der Waals surface area contributed by atoms with Crippen LogP contribution in [0.4, 0.5) is 18.9 Å². The van der Waals surface area contributed by atoms with Crippen molar-refractivity contribution < 1.29 is 37.1 Å². The van der Waals surface area contributed by atoms with Crippen molar-refractivity contribution in [3.05, 3.63) is 50.0 Å². The van der Waals surface area contributed by atoms with E-state index in [0.29, 0.717) is 12.1 Å². The summed E-state index contributed by atoms with van der Waals surface area (Å²) in [6, 6.07) is 3.29. The number of halogens is 5. The van der Waals surface area contributed by atoms with Crippen LogP contribution in [0.3, 0.4) is 0 Å². The highest BCUT2D eigenvalue weighted by atomic mass is 35.5. The lowest BCUT2D eigenvalue weighted by atomic mass is 10.2. The number of nitro groups is 1. The average Bonchev–Trinajstić information content (AvgIpc) is 2.67. The quantitative estimate of drug-likeness (QED) is 0.172. The summed E-state index contributed by atoms with van der Waals surface area (Å²) in [6.07, 6.45) is -5.69. The predicted octanol–water partition coefficient (Wildman–Crippen LogP) is 6.30. The van der Waals surface area contributed by atoms with Crippen molar-refractivity contribution in [3.63, 3.8) is 0 Å². The molecule has 1 heterocycles. The highest BCUT2D eigenvalue weighted by Crippen LogP contribution is 2.42. The van der Waals surface area contributed by atoms with Crippen LogP contribution in [-0.2, 0) is 15.7 Å². The van der Waals surface area contributed by atoms with E-state index < -0.39 is 58.4 Å². The number of rotatable bonds is 8. The SMILES string of the molecule is CC(Oc1nc(Oc2c(Cl)cc(C(F)(F)F)cc2Cl)ccc1[N+](=O)[O-])C(=O)OC[Si](C)(C)C. The molecular formula is C19H19Cl2F3N2O6Si. The average molecular weight is 527 g/mol. The highest BCUT2D eigenvalue weighted by molar-refractivity contribution is 6.76. The first kappa shape index (κ1) is 26.7. The number of carbonyl (C=O) groups excluding carboxylic acids is 1. The third-order valence-corrected chi connectivity index (χ3v) is 5.38. The summed E-state index contributed by atoms with van der Waals surface area (Å²) >= 11 is 11.7. The standard InChI is InChI=1S/C19H19Cl2F3N2O6Si/c1-10(18(27)30-9-33(2,3)4)31-17-14(26(28)29)5-6-15(25-17)32-16-12(20)7-11(8-13(16)21)19(22,23)24/h5-8,10H,9H2,1-4H3. The van der Waals surface area contributed by atoms with E-state index in [-0.39, 0.29) is 17.9 Å². The van der Waals surface area contributed by atoms with Gasteiger partial charge < -0.3 is 14.2 Å². The van der Waals surface area contributed by atoms with Crippen LogP contribution in [0, 0.1) is 10.1 Å². The van der Waals surface area contributed by atoms with E-state index in [9.17, 15) is 28.1 Å². The van der Waals surface area contributed by atoms with Crippen LogP contribution in [0.25, 0.3) is 0 Å². The van der Waals surface area contributed by atoms with E-state index in [1.165, 1.54) is 6.92 Å². The summed E-state index contributed by atoms with van der Waals surface area (Å²) in [5, 5.41) is 10.4. The van der Waals surface area contributed by atoms with Crippen LogP contribution in [-0.4, -0.2) is 36.3 Å². The normalized spacial score (nSPS) is 12.8. The molecule has 0 aliphatic rings. The number of pyridine rings is 1. The maximum atomic E-state index is 12.9.